The van der Waals surface area contributed by atoms with Crippen LogP contribution in [0.15, 0.2) is 59.9 Å². The average Bonchev–Trinajstić information content (AvgIpc) is 3.24. The Labute approximate surface area is 177 Å². The van der Waals surface area contributed by atoms with Gasteiger partial charge >= 0.3 is 0 Å². The smallest absolute Gasteiger partial charge is 0.191 e. The maximum Gasteiger partial charge on any atom is 0.191 e. The van der Waals surface area contributed by atoms with E-state index in [9.17, 15) is 0 Å². The first-order valence-corrected chi connectivity index (χ1v) is 9.81. The molecule has 30 heavy (non-hydrogen) atoms. The maximum absolute atomic E-state index is 5.86. The molecule has 8 heteroatoms. The number of aromatic nitrogens is 3. The van der Waals surface area contributed by atoms with Gasteiger partial charge < -0.3 is 20.1 Å². The van der Waals surface area contributed by atoms with E-state index >= 15 is 0 Å². The lowest BCUT2D eigenvalue weighted by molar-refractivity contribution is 0.145. The zero-order chi connectivity index (χ0) is 21.2. The summed E-state index contributed by atoms with van der Waals surface area (Å²) in [6, 6.07) is 16.1. The fourth-order valence-electron chi connectivity index (χ4n) is 2.92. The van der Waals surface area contributed by atoms with Gasteiger partial charge in [0.2, 0.25) is 0 Å². The van der Waals surface area contributed by atoms with Crippen molar-refractivity contribution >= 4 is 5.96 Å². The van der Waals surface area contributed by atoms with Gasteiger partial charge in [0.1, 0.15) is 18.7 Å². The van der Waals surface area contributed by atoms with Crippen LogP contribution < -0.4 is 15.4 Å². The highest BCUT2D eigenvalue weighted by Crippen LogP contribution is 2.20. The minimum atomic E-state index is 0.486. The number of nitrogens with one attached hydrogen (secondary N) is 2. The van der Waals surface area contributed by atoms with Gasteiger partial charge in [0.15, 0.2) is 11.8 Å². The summed E-state index contributed by atoms with van der Waals surface area (Å²) in [5, 5.41) is 14.9. The van der Waals surface area contributed by atoms with Gasteiger partial charge in [-0.3, -0.25) is 9.56 Å². The monoisotopic (exact) mass is 408 g/mol. The van der Waals surface area contributed by atoms with E-state index in [0.29, 0.717) is 32.3 Å². The SMILES string of the molecule is CN=C(NCc1ccc(C)cc1OCCOC)NCc1nncn1-c1ccccc1. The van der Waals surface area contributed by atoms with Crippen LogP contribution in [0.25, 0.3) is 5.69 Å². The largest absolute Gasteiger partial charge is 0.491 e. The van der Waals surface area contributed by atoms with Crippen LogP contribution in [-0.2, 0) is 17.8 Å². The second-order valence-corrected chi connectivity index (χ2v) is 6.68. The number of guanidine groups is 1. The van der Waals surface area contributed by atoms with Gasteiger partial charge in [0.05, 0.1) is 13.2 Å². The van der Waals surface area contributed by atoms with Gasteiger partial charge in [-0.15, -0.1) is 10.2 Å². The Bertz CT molecular complexity index is 955. The van der Waals surface area contributed by atoms with Crippen LogP contribution in [0.1, 0.15) is 17.0 Å². The van der Waals surface area contributed by atoms with Gasteiger partial charge in [-0.05, 0) is 30.7 Å². The molecule has 0 aliphatic rings. The lowest BCUT2D eigenvalue weighted by atomic mass is 10.1. The Kier molecular flexibility index (Phi) is 7.79. The third-order valence-corrected chi connectivity index (χ3v) is 4.50. The van der Waals surface area contributed by atoms with Crippen LogP contribution >= 0.6 is 0 Å². The number of hydrogen-bond donors (Lipinski definition) is 2. The van der Waals surface area contributed by atoms with Crippen molar-refractivity contribution in [3.63, 3.8) is 0 Å². The molecule has 1 heterocycles. The predicted molar refractivity (Wildman–Crippen MR) is 117 cm³/mol. The standard InChI is InChI=1S/C22H28N6O2/c1-17-9-10-18(20(13-17)30-12-11-29-3)14-24-22(23-2)25-15-21-27-26-16-28(21)19-7-5-4-6-8-19/h4-10,13,16H,11-12,14-15H2,1-3H3,(H2,23,24,25). The summed E-state index contributed by atoms with van der Waals surface area (Å²) < 4.78 is 12.9. The third-order valence-electron chi connectivity index (χ3n) is 4.50. The van der Waals surface area contributed by atoms with Crippen LogP contribution in [0.4, 0.5) is 0 Å². The highest BCUT2D eigenvalue weighted by Gasteiger charge is 2.09. The molecule has 0 saturated heterocycles. The van der Waals surface area contributed by atoms with Crippen molar-refractivity contribution in [1.29, 1.82) is 0 Å². The number of aliphatic imine (C=N–C) groups is 1. The molecular formula is C22H28N6O2. The number of rotatable bonds is 9. The number of hydrogen-bond acceptors (Lipinski definition) is 5. The molecule has 2 N–H and O–H groups in total. The van der Waals surface area contributed by atoms with Gasteiger partial charge in [-0.2, -0.15) is 0 Å². The van der Waals surface area contributed by atoms with Gasteiger partial charge in [0, 0.05) is 32.0 Å². The molecule has 0 unspecified atom stereocenters. The van der Waals surface area contributed by atoms with E-state index in [4.69, 9.17) is 9.47 Å². The summed E-state index contributed by atoms with van der Waals surface area (Å²) in [4.78, 5) is 4.30. The fourth-order valence-corrected chi connectivity index (χ4v) is 2.92. The number of benzene rings is 2. The van der Waals surface area contributed by atoms with Gasteiger partial charge in [-0.25, -0.2) is 0 Å². The van der Waals surface area contributed by atoms with Gasteiger partial charge in [-0.1, -0.05) is 30.3 Å². The highest BCUT2D eigenvalue weighted by atomic mass is 16.5. The molecule has 0 atom stereocenters. The van der Waals surface area contributed by atoms with Crippen molar-refractivity contribution in [2.75, 3.05) is 27.4 Å². The topological polar surface area (TPSA) is 85.6 Å². The minimum absolute atomic E-state index is 0.486. The molecule has 158 valence electrons. The molecule has 0 radical (unpaired) electrons. The number of nitrogens with zero attached hydrogens (tertiary/aromatic N) is 4. The average molecular weight is 409 g/mol. The summed E-state index contributed by atoms with van der Waals surface area (Å²) in [5.41, 5.74) is 3.21. The molecule has 0 saturated carbocycles. The summed E-state index contributed by atoms with van der Waals surface area (Å²) in [5.74, 6) is 2.31. The Morgan fingerprint density at radius 3 is 2.63 bits per heavy atom. The highest BCUT2D eigenvalue weighted by molar-refractivity contribution is 5.79. The van der Waals surface area contributed by atoms with Crippen molar-refractivity contribution in [3.8, 4) is 11.4 Å². The lowest BCUT2D eigenvalue weighted by Gasteiger charge is -2.15. The molecule has 0 fully saturated rings. The molecular weight excluding hydrogens is 380 g/mol. The Morgan fingerprint density at radius 2 is 1.87 bits per heavy atom. The summed E-state index contributed by atoms with van der Waals surface area (Å²) >= 11 is 0. The van der Waals surface area contributed by atoms with E-state index < -0.39 is 0 Å². The molecule has 2 aromatic carbocycles. The molecule has 0 aliphatic heterocycles. The van der Waals surface area contributed by atoms with Gasteiger partial charge in [0.25, 0.3) is 0 Å². The molecule has 1 aromatic heterocycles. The lowest BCUT2D eigenvalue weighted by Crippen LogP contribution is -2.37. The first kappa shape index (κ1) is 21.3. The minimum Gasteiger partial charge on any atom is -0.491 e. The summed E-state index contributed by atoms with van der Waals surface area (Å²) in [6.45, 7) is 4.16. The van der Waals surface area contributed by atoms with E-state index in [-0.39, 0.29) is 0 Å². The number of aryl methyl sites for hydroxylation is 1. The van der Waals surface area contributed by atoms with Crippen molar-refractivity contribution in [2.24, 2.45) is 4.99 Å². The summed E-state index contributed by atoms with van der Waals surface area (Å²) in [6.07, 6.45) is 1.71. The van der Waals surface area contributed by atoms with Crippen LogP contribution in [0.2, 0.25) is 0 Å². The van der Waals surface area contributed by atoms with E-state index in [2.05, 4.69) is 38.0 Å². The van der Waals surface area contributed by atoms with Crippen LogP contribution in [-0.4, -0.2) is 48.1 Å². The van der Waals surface area contributed by atoms with Crippen molar-refractivity contribution in [3.05, 3.63) is 71.8 Å². The second-order valence-electron chi connectivity index (χ2n) is 6.68. The number of para-hydroxylation sites is 1. The Hall–Kier alpha value is -3.39. The van der Waals surface area contributed by atoms with Crippen LogP contribution in [0, 0.1) is 6.92 Å². The van der Waals surface area contributed by atoms with E-state index in [1.54, 1.807) is 20.5 Å². The molecule has 8 nitrogen and oxygen atoms in total. The Balaban J connectivity index is 1.60. The van der Waals surface area contributed by atoms with E-state index in [1.165, 1.54) is 0 Å². The quantitative estimate of drug-likeness (QED) is 0.321. The number of ether oxygens (including phenoxy) is 2. The normalized spacial score (nSPS) is 11.4. The fraction of sp³-hybridized carbons (Fsp3) is 0.318. The molecule has 0 aliphatic carbocycles. The zero-order valence-corrected chi connectivity index (χ0v) is 17.6. The van der Waals surface area contributed by atoms with Crippen molar-refractivity contribution < 1.29 is 9.47 Å². The first-order valence-electron chi connectivity index (χ1n) is 9.81. The summed E-state index contributed by atoms with van der Waals surface area (Å²) in [7, 11) is 3.40. The second kappa shape index (κ2) is 11.0. The van der Waals surface area contributed by atoms with Crippen LogP contribution in [0.5, 0.6) is 5.75 Å². The van der Waals surface area contributed by atoms with E-state index in [1.807, 2.05) is 47.9 Å². The van der Waals surface area contributed by atoms with E-state index in [0.717, 1.165) is 28.4 Å². The molecule has 0 spiro atoms. The molecule has 0 amide bonds. The van der Waals surface area contributed by atoms with Crippen molar-refractivity contribution in [2.45, 2.75) is 20.0 Å². The number of methoxy groups -OCH3 is 1. The Morgan fingerprint density at radius 1 is 1.07 bits per heavy atom. The third kappa shape index (κ3) is 5.81. The van der Waals surface area contributed by atoms with Crippen LogP contribution in [0.3, 0.4) is 0 Å². The predicted octanol–water partition coefficient (Wildman–Crippen LogP) is 2.47. The maximum atomic E-state index is 5.86. The molecule has 0 bridgehead atoms. The first-order chi connectivity index (χ1) is 14.7. The molecule has 3 aromatic rings. The zero-order valence-electron chi connectivity index (χ0n) is 17.6. The molecule has 3 rings (SSSR count). The van der Waals surface area contributed by atoms with Crippen molar-refractivity contribution in [1.82, 2.24) is 25.4 Å².